The van der Waals surface area contributed by atoms with Crippen LogP contribution in [0.1, 0.15) is 32.3 Å². The lowest BCUT2D eigenvalue weighted by atomic mass is 10.0. The van der Waals surface area contributed by atoms with Gasteiger partial charge in [-0.05, 0) is 43.5 Å². The van der Waals surface area contributed by atoms with E-state index < -0.39 is 0 Å². The summed E-state index contributed by atoms with van der Waals surface area (Å²) in [5.74, 6) is 0. The Morgan fingerprint density at radius 1 is 1.20 bits per heavy atom. The summed E-state index contributed by atoms with van der Waals surface area (Å²) >= 11 is 3.45. The number of aryl methyl sites for hydroxylation is 1. The Labute approximate surface area is 101 Å². The van der Waals surface area contributed by atoms with E-state index in [0.717, 1.165) is 11.0 Å². The molecule has 0 bridgehead atoms. The zero-order valence-electron chi connectivity index (χ0n) is 9.59. The first-order valence-electron chi connectivity index (χ1n) is 5.74. The van der Waals surface area contributed by atoms with Gasteiger partial charge in [-0.3, -0.25) is 0 Å². The summed E-state index contributed by atoms with van der Waals surface area (Å²) < 4.78 is 1.16. The maximum Gasteiger partial charge on any atom is 0.0175 e. The van der Waals surface area contributed by atoms with Crippen LogP contribution in [0.4, 0.5) is 0 Å². The molecule has 1 aromatic carbocycles. The van der Waals surface area contributed by atoms with E-state index in [4.69, 9.17) is 0 Å². The molecule has 0 saturated carbocycles. The van der Waals surface area contributed by atoms with Gasteiger partial charge in [-0.2, -0.15) is 0 Å². The molecule has 0 amide bonds. The topological polar surface area (TPSA) is 12.0 Å². The van der Waals surface area contributed by atoms with Crippen molar-refractivity contribution in [3.63, 3.8) is 0 Å². The summed E-state index contributed by atoms with van der Waals surface area (Å²) in [4.78, 5) is 0. The molecule has 0 heterocycles. The zero-order chi connectivity index (χ0) is 11.1. The van der Waals surface area contributed by atoms with Crippen LogP contribution in [-0.2, 0) is 6.42 Å². The highest BCUT2D eigenvalue weighted by Gasteiger charge is 2.04. The average Bonchev–Trinajstić information content (AvgIpc) is 2.26. The molecule has 0 aliphatic rings. The largest absolute Gasteiger partial charge is 0.314 e. The lowest BCUT2D eigenvalue weighted by Crippen LogP contribution is -2.28. The molecule has 0 aromatic heterocycles. The predicted molar refractivity (Wildman–Crippen MR) is 70.2 cm³/mol. The van der Waals surface area contributed by atoms with Crippen LogP contribution in [0.5, 0.6) is 0 Å². The van der Waals surface area contributed by atoms with Crippen LogP contribution in [0.25, 0.3) is 0 Å². The van der Waals surface area contributed by atoms with Gasteiger partial charge in [0.1, 0.15) is 0 Å². The van der Waals surface area contributed by atoms with Crippen LogP contribution in [0.3, 0.4) is 0 Å². The highest BCUT2D eigenvalue weighted by Crippen LogP contribution is 2.13. The number of hydrogen-bond acceptors (Lipinski definition) is 1. The molecular weight excluding hydrogens is 250 g/mol. The van der Waals surface area contributed by atoms with Gasteiger partial charge in [0.25, 0.3) is 0 Å². The van der Waals surface area contributed by atoms with Gasteiger partial charge in [-0.15, -0.1) is 0 Å². The maximum absolute atomic E-state index is 3.50. The quantitative estimate of drug-likeness (QED) is 0.829. The fourth-order valence-electron chi connectivity index (χ4n) is 1.73. The predicted octanol–water partition coefficient (Wildman–Crippen LogP) is 3.77. The summed E-state index contributed by atoms with van der Waals surface area (Å²) in [6, 6.07) is 9.29. The van der Waals surface area contributed by atoms with E-state index in [0.29, 0.717) is 6.04 Å². The summed E-state index contributed by atoms with van der Waals surface area (Å²) in [7, 11) is 0. The fraction of sp³-hybridized carbons (Fsp3) is 0.538. The van der Waals surface area contributed by atoms with Gasteiger partial charge >= 0.3 is 0 Å². The molecule has 0 fully saturated rings. The van der Waals surface area contributed by atoms with Crippen LogP contribution in [0.2, 0.25) is 0 Å². The lowest BCUT2D eigenvalue weighted by Gasteiger charge is -2.15. The van der Waals surface area contributed by atoms with E-state index in [9.17, 15) is 0 Å². The highest BCUT2D eigenvalue weighted by atomic mass is 79.9. The van der Waals surface area contributed by atoms with Gasteiger partial charge in [0.15, 0.2) is 0 Å². The van der Waals surface area contributed by atoms with Crippen LogP contribution >= 0.6 is 15.9 Å². The second-order valence-electron chi connectivity index (χ2n) is 3.83. The van der Waals surface area contributed by atoms with Crippen LogP contribution < -0.4 is 5.32 Å². The van der Waals surface area contributed by atoms with Gasteiger partial charge in [0.2, 0.25) is 0 Å². The minimum absolute atomic E-state index is 0.665. The Hall–Kier alpha value is -0.340. The highest BCUT2D eigenvalue weighted by molar-refractivity contribution is 9.10. The first kappa shape index (κ1) is 12.7. The normalized spacial score (nSPS) is 12.7. The van der Waals surface area contributed by atoms with Crippen molar-refractivity contribution in [1.82, 2.24) is 5.32 Å². The Bertz CT molecular complexity index is 268. The summed E-state index contributed by atoms with van der Waals surface area (Å²) in [6.45, 7) is 5.48. The van der Waals surface area contributed by atoms with Crippen molar-refractivity contribution < 1.29 is 0 Å². The Morgan fingerprint density at radius 3 is 2.40 bits per heavy atom. The molecule has 0 aliphatic carbocycles. The molecule has 15 heavy (non-hydrogen) atoms. The van der Waals surface area contributed by atoms with Gasteiger partial charge in [-0.1, -0.05) is 41.9 Å². The Morgan fingerprint density at radius 2 is 1.87 bits per heavy atom. The molecule has 1 atom stereocenters. The number of nitrogens with one attached hydrogen (secondary N) is 1. The molecule has 1 nitrogen and oxygen atoms in total. The first-order valence-corrected chi connectivity index (χ1v) is 6.53. The van der Waals surface area contributed by atoms with Crippen molar-refractivity contribution in [3.8, 4) is 0 Å². The molecule has 1 aromatic rings. The standard InChI is InChI=1S/C13H20BrN/c1-3-13(15-4-2)10-7-11-5-8-12(14)9-6-11/h5-6,8-9,13,15H,3-4,7,10H2,1-2H3. The molecule has 0 saturated heterocycles. The number of rotatable bonds is 6. The number of halogens is 1. The van der Waals surface area contributed by atoms with E-state index in [1.165, 1.54) is 24.8 Å². The first-order chi connectivity index (χ1) is 7.26. The van der Waals surface area contributed by atoms with Crippen LogP contribution in [0, 0.1) is 0 Å². The average molecular weight is 270 g/mol. The summed E-state index contributed by atoms with van der Waals surface area (Å²) in [5, 5.41) is 3.50. The molecule has 0 aliphatic heterocycles. The van der Waals surface area contributed by atoms with E-state index in [1.54, 1.807) is 0 Å². The van der Waals surface area contributed by atoms with E-state index >= 15 is 0 Å². The van der Waals surface area contributed by atoms with Crippen LogP contribution in [-0.4, -0.2) is 12.6 Å². The second-order valence-corrected chi connectivity index (χ2v) is 4.74. The van der Waals surface area contributed by atoms with Crippen molar-refractivity contribution in [1.29, 1.82) is 0 Å². The third-order valence-corrected chi connectivity index (χ3v) is 3.21. The van der Waals surface area contributed by atoms with Gasteiger partial charge in [0, 0.05) is 10.5 Å². The fourth-order valence-corrected chi connectivity index (χ4v) is 2.00. The van der Waals surface area contributed by atoms with Gasteiger partial charge < -0.3 is 5.32 Å². The molecule has 84 valence electrons. The van der Waals surface area contributed by atoms with Crippen molar-refractivity contribution in [3.05, 3.63) is 34.3 Å². The lowest BCUT2D eigenvalue weighted by molar-refractivity contribution is 0.481. The molecule has 2 heteroatoms. The number of hydrogen-bond donors (Lipinski definition) is 1. The van der Waals surface area contributed by atoms with Crippen molar-refractivity contribution in [2.75, 3.05) is 6.54 Å². The second kappa shape index (κ2) is 7.02. The molecule has 1 unspecified atom stereocenters. The van der Waals surface area contributed by atoms with E-state index in [-0.39, 0.29) is 0 Å². The number of benzene rings is 1. The van der Waals surface area contributed by atoms with Crippen molar-refractivity contribution >= 4 is 15.9 Å². The van der Waals surface area contributed by atoms with Gasteiger partial charge in [0.05, 0.1) is 0 Å². The third-order valence-electron chi connectivity index (χ3n) is 2.68. The molecule has 1 N–H and O–H groups in total. The molecule has 1 rings (SSSR count). The smallest absolute Gasteiger partial charge is 0.0175 e. The minimum atomic E-state index is 0.665. The summed E-state index contributed by atoms with van der Waals surface area (Å²) in [6.07, 6.45) is 3.61. The van der Waals surface area contributed by atoms with Gasteiger partial charge in [-0.25, -0.2) is 0 Å². The monoisotopic (exact) mass is 269 g/mol. The SMILES string of the molecule is CCNC(CC)CCc1ccc(Br)cc1. The van der Waals surface area contributed by atoms with E-state index in [1.807, 2.05) is 0 Å². The van der Waals surface area contributed by atoms with Crippen molar-refractivity contribution in [2.45, 2.75) is 39.2 Å². The van der Waals surface area contributed by atoms with E-state index in [2.05, 4.69) is 59.4 Å². The minimum Gasteiger partial charge on any atom is -0.314 e. The summed E-state index contributed by atoms with van der Waals surface area (Å²) in [5.41, 5.74) is 1.43. The maximum atomic E-state index is 3.50. The Balaban J connectivity index is 2.38. The van der Waals surface area contributed by atoms with Crippen molar-refractivity contribution in [2.24, 2.45) is 0 Å². The zero-order valence-corrected chi connectivity index (χ0v) is 11.2. The molecular formula is C13H20BrN. The third kappa shape index (κ3) is 4.80. The molecule has 0 radical (unpaired) electrons. The Kier molecular flexibility index (Phi) is 5.96. The molecule has 0 spiro atoms. The van der Waals surface area contributed by atoms with Crippen LogP contribution in [0.15, 0.2) is 28.7 Å².